The van der Waals surface area contributed by atoms with Crippen LogP contribution in [0, 0.1) is 13.8 Å². The first-order valence-corrected chi connectivity index (χ1v) is 9.91. The number of amides is 1. The Morgan fingerprint density at radius 2 is 1.93 bits per heavy atom. The van der Waals surface area contributed by atoms with Crippen LogP contribution in [0.1, 0.15) is 33.6 Å². The second-order valence-electron chi connectivity index (χ2n) is 6.33. The molecule has 0 saturated heterocycles. The van der Waals surface area contributed by atoms with Crippen molar-refractivity contribution < 1.29 is 23.6 Å². The van der Waals surface area contributed by atoms with Crippen LogP contribution >= 0.6 is 11.3 Å². The van der Waals surface area contributed by atoms with Gasteiger partial charge < -0.3 is 19.3 Å². The van der Waals surface area contributed by atoms with Crippen molar-refractivity contribution in [3.63, 3.8) is 0 Å². The molecule has 0 saturated carbocycles. The van der Waals surface area contributed by atoms with Gasteiger partial charge in [-0.25, -0.2) is 4.79 Å². The molecular formula is C21H22N2O5S. The Kier molecular flexibility index (Phi) is 6.33. The number of ether oxygens (including phenoxy) is 2. The van der Waals surface area contributed by atoms with Gasteiger partial charge in [-0.05, 0) is 56.7 Å². The van der Waals surface area contributed by atoms with Crippen molar-refractivity contribution in [2.75, 3.05) is 19.0 Å². The Morgan fingerprint density at radius 1 is 1.21 bits per heavy atom. The van der Waals surface area contributed by atoms with E-state index in [0.717, 1.165) is 21.8 Å². The van der Waals surface area contributed by atoms with Gasteiger partial charge >= 0.3 is 5.97 Å². The van der Waals surface area contributed by atoms with E-state index >= 15 is 0 Å². The summed E-state index contributed by atoms with van der Waals surface area (Å²) in [5.41, 5.74) is 2.75. The standard InChI is InChI=1S/C21H22N2O5S/c1-5-27-21(25)20-17(22-19(24)10-16-12(2)23-28-13(16)3)11-18(29-20)14-6-8-15(26-4)9-7-14/h6-9,11H,5,10H2,1-4H3,(H,22,24). The molecule has 29 heavy (non-hydrogen) atoms. The van der Waals surface area contributed by atoms with Crippen molar-refractivity contribution in [3.8, 4) is 16.2 Å². The summed E-state index contributed by atoms with van der Waals surface area (Å²) in [5.74, 6) is 0.616. The third-order valence-corrected chi connectivity index (χ3v) is 5.52. The highest BCUT2D eigenvalue weighted by Crippen LogP contribution is 2.36. The molecule has 0 fully saturated rings. The van der Waals surface area contributed by atoms with Crippen molar-refractivity contribution in [1.82, 2.24) is 5.16 Å². The smallest absolute Gasteiger partial charge is 0.350 e. The quantitative estimate of drug-likeness (QED) is 0.577. The van der Waals surface area contributed by atoms with E-state index in [1.807, 2.05) is 24.3 Å². The van der Waals surface area contributed by atoms with Crippen LogP contribution in [-0.4, -0.2) is 30.7 Å². The fraction of sp³-hybridized carbons (Fsp3) is 0.286. The minimum Gasteiger partial charge on any atom is -0.497 e. The molecule has 152 valence electrons. The number of nitrogens with zero attached hydrogens (tertiary/aromatic N) is 1. The number of aryl methyl sites for hydroxylation is 2. The summed E-state index contributed by atoms with van der Waals surface area (Å²) in [5, 5.41) is 6.70. The van der Waals surface area contributed by atoms with Crippen LogP contribution in [-0.2, 0) is 16.0 Å². The van der Waals surface area contributed by atoms with Gasteiger partial charge in [0.2, 0.25) is 5.91 Å². The van der Waals surface area contributed by atoms with Gasteiger partial charge in [0.25, 0.3) is 0 Å². The maximum atomic E-state index is 12.6. The van der Waals surface area contributed by atoms with E-state index in [1.54, 1.807) is 33.9 Å². The van der Waals surface area contributed by atoms with Gasteiger partial charge in [0.15, 0.2) is 0 Å². The van der Waals surface area contributed by atoms with Crippen LogP contribution in [0.25, 0.3) is 10.4 Å². The molecular weight excluding hydrogens is 392 g/mol. The van der Waals surface area contributed by atoms with E-state index in [0.29, 0.717) is 22.0 Å². The summed E-state index contributed by atoms with van der Waals surface area (Å²) in [6, 6.07) is 9.26. The summed E-state index contributed by atoms with van der Waals surface area (Å²) in [7, 11) is 1.60. The number of benzene rings is 1. The van der Waals surface area contributed by atoms with Gasteiger partial charge in [-0.1, -0.05) is 5.16 Å². The minimum atomic E-state index is -0.468. The Labute approximate surface area is 172 Å². The van der Waals surface area contributed by atoms with E-state index in [2.05, 4.69) is 10.5 Å². The van der Waals surface area contributed by atoms with Crippen molar-refractivity contribution in [2.24, 2.45) is 0 Å². The van der Waals surface area contributed by atoms with E-state index in [9.17, 15) is 9.59 Å². The molecule has 1 N–H and O–H groups in total. The fourth-order valence-electron chi connectivity index (χ4n) is 2.84. The second-order valence-corrected chi connectivity index (χ2v) is 7.38. The lowest BCUT2D eigenvalue weighted by molar-refractivity contribution is -0.115. The third kappa shape index (κ3) is 4.65. The third-order valence-electron chi connectivity index (χ3n) is 4.36. The zero-order chi connectivity index (χ0) is 21.0. The summed E-state index contributed by atoms with van der Waals surface area (Å²) in [4.78, 5) is 26.2. The average Bonchev–Trinajstić information content (AvgIpc) is 3.27. The molecule has 0 spiro atoms. The number of hydrogen-bond donors (Lipinski definition) is 1. The van der Waals surface area contributed by atoms with Crippen LogP contribution in [0.15, 0.2) is 34.9 Å². The van der Waals surface area contributed by atoms with Gasteiger partial charge in [0, 0.05) is 10.4 Å². The first-order chi connectivity index (χ1) is 13.9. The average molecular weight is 414 g/mol. The largest absolute Gasteiger partial charge is 0.497 e. The molecule has 1 aromatic carbocycles. The highest BCUT2D eigenvalue weighted by molar-refractivity contribution is 7.18. The lowest BCUT2D eigenvalue weighted by Gasteiger charge is -2.06. The predicted molar refractivity (Wildman–Crippen MR) is 111 cm³/mol. The molecule has 0 aliphatic heterocycles. The van der Waals surface area contributed by atoms with Gasteiger partial charge in [0.05, 0.1) is 31.5 Å². The van der Waals surface area contributed by atoms with Crippen molar-refractivity contribution in [1.29, 1.82) is 0 Å². The van der Waals surface area contributed by atoms with Crippen LogP contribution in [0.5, 0.6) is 5.75 Å². The lowest BCUT2D eigenvalue weighted by atomic mass is 10.1. The number of carbonyl (C=O) groups is 2. The summed E-state index contributed by atoms with van der Waals surface area (Å²) in [6.07, 6.45) is 0.108. The molecule has 3 rings (SSSR count). The molecule has 0 unspecified atom stereocenters. The first kappa shape index (κ1) is 20.6. The molecule has 0 aliphatic rings. The Bertz CT molecular complexity index is 1000. The summed E-state index contributed by atoms with van der Waals surface area (Å²) >= 11 is 1.27. The second kappa shape index (κ2) is 8.91. The van der Waals surface area contributed by atoms with Crippen LogP contribution < -0.4 is 10.1 Å². The van der Waals surface area contributed by atoms with Gasteiger partial charge in [-0.3, -0.25) is 4.79 Å². The van der Waals surface area contributed by atoms with Crippen LogP contribution in [0.3, 0.4) is 0 Å². The molecule has 0 atom stereocenters. The zero-order valence-electron chi connectivity index (χ0n) is 16.7. The van der Waals surface area contributed by atoms with Gasteiger partial charge in [-0.2, -0.15) is 0 Å². The fourth-order valence-corrected chi connectivity index (χ4v) is 3.85. The van der Waals surface area contributed by atoms with E-state index < -0.39 is 5.97 Å². The van der Waals surface area contributed by atoms with E-state index in [4.69, 9.17) is 14.0 Å². The molecule has 0 radical (unpaired) electrons. The number of methoxy groups -OCH3 is 1. The number of carbonyl (C=O) groups excluding carboxylic acids is 2. The van der Waals surface area contributed by atoms with Gasteiger partial charge in [0.1, 0.15) is 16.4 Å². The molecule has 8 heteroatoms. The predicted octanol–water partition coefficient (Wildman–Crippen LogP) is 4.39. The number of thiophene rings is 1. The number of nitrogens with one attached hydrogen (secondary N) is 1. The summed E-state index contributed by atoms with van der Waals surface area (Å²) in [6.45, 7) is 5.54. The first-order valence-electron chi connectivity index (χ1n) is 9.09. The monoisotopic (exact) mass is 414 g/mol. The Balaban J connectivity index is 1.88. The summed E-state index contributed by atoms with van der Waals surface area (Å²) < 4.78 is 15.4. The van der Waals surface area contributed by atoms with Crippen LogP contribution in [0.4, 0.5) is 5.69 Å². The molecule has 0 aliphatic carbocycles. The van der Waals surface area contributed by atoms with Crippen LogP contribution in [0.2, 0.25) is 0 Å². The normalized spacial score (nSPS) is 10.6. The number of esters is 1. The topological polar surface area (TPSA) is 90.7 Å². The maximum absolute atomic E-state index is 12.6. The molecule has 2 heterocycles. The molecule has 0 bridgehead atoms. The molecule has 1 amide bonds. The van der Waals surface area contributed by atoms with E-state index in [1.165, 1.54) is 11.3 Å². The zero-order valence-corrected chi connectivity index (χ0v) is 17.5. The Hall–Kier alpha value is -3.13. The van der Waals surface area contributed by atoms with Crippen molar-refractivity contribution in [3.05, 3.63) is 52.2 Å². The maximum Gasteiger partial charge on any atom is 0.350 e. The molecule has 3 aromatic rings. The number of aromatic nitrogens is 1. The Morgan fingerprint density at radius 3 is 2.52 bits per heavy atom. The van der Waals surface area contributed by atoms with Gasteiger partial charge in [-0.15, -0.1) is 11.3 Å². The SMILES string of the molecule is CCOC(=O)c1sc(-c2ccc(OC)cc2)cc1NC(=O)Cc1c(C)noc1C. The highest BCUT2D eigenvalue weighted by atomic mass is 32.1. The lowest BCUT2D eigenvalue weighted by Crippen LogP contribution is -2.17. The number of hydrogen-bond acceptors (Lipinski definition) is 7. The van der Waals surface area contributed by atoms with Crippen molar-refractivity contribution >= 4 is 28.9 Å². The highest BCUT2D eigenvalue weighted by Gasteiger charge is 2.21. The van der Waals surface area contributed by atoms with Crippen molar-refractivity contribution in [2.45, 2.75) is 27.2 Å². The number of anilines is 1. The molecule has 7 nitrogen and oxygen atoms in total. The molecule has 2 aromatic heterocycles. The minimum absolute atomic E-state index is 0.108. The number of rotatable bonds is 7. The van der Waals surface area contributed by atoms with E-state index in [-0.39, 0.29) is 18.9 Å².